The molecule has 0 atom stereocenters. The van der Waals surface area contributed by atoms with Crippen molar-refractivity contribution < 1.29 is 0 Å². The van der Waals surface area contributed by atoms with Gasteiger partial charge in [0.15, 0.2) is 0 Å². The fourth-order valence-electron chi connectivity index (χ4n) is 7.89. The lowest BCUT2D eigenvalue weighted by atomic mass is 10.0. The van der Waals surface area contributed by atoms with Crippen LogP contribution in [0.2, 0.25) is 0 Å². The Labute approximate surface area is 330 Å². The van der Waals surface area contributed by atoms with Crippen LogP contribution in [0.1, 0.15) is 0 Å². The Kier molecular flexibility index (Phi) is 8.43. The Balaban J connectivity index is 1.18. The molecule has 0 N–H and O–H groups in total. The van der Waals surface area contributed by atoms with E-state index < -0.39 is 12.1 Å². The van der Waals surface area contributed by atoms with E-state index in [1.165, 1.54) is 16.0 Å². The summed E-state index contributed by atoms with van der Waals surface area (Å²) in [7, 11) is 0. The van der Waals surface area contributed by atoms with Crippen LogP contribution in [-0.4, -0.2) is 14.4 Å². The highest BCUT2D eigenvalue weighted by atomic mass is 32.4. The summed E-state index contributed by atoms with van der Waals surface area (Å²) in [4.78, 5) is 10.4. The normalized spacial score (nSPS) is 12.1. The molecule has 0 radical (unpaired) electrons. The van der Waals surface area contributed by atoms with Gasteiger partial charge >= 0.3 is 0 Å². The van der Waals surface area contributed by atoms with Crippen LogP contribution < -0.4 is 31.8 Å². The Morgan fingerprint density at radius 2 is 0.909 bits per heavy atom. The molecule has 7 aromatic carbocycles. The number of nitrogens with zero attached hydrogens (tertiary/aromatic N) is 3. The first-order valence-electron chi connectivity index (χ1n) is 18.2. The summed E-state index contributed by atoms with van der Waals surface area (Å²) in [6, 6.07) is 63.7. The lowest BCUT2D eigenvalue weighted by Crippen LogP contribution is -2.25. The maximum atomic E-state index is 6.79. The summed E-state index contributed by atoms with van der Waals surface area (Å²) in [5.74, 6) is 0. The summed E-state index contributed by atoms with van der Waals surface area (Å²) in [5.41, 5.74) is 5.89. The van der Waals surface area contributed by atoms with Gasteiger partial charge in [0.25, 0.3) is 0 Å². The topological polar surface area (TPSA) is 30.2 Å². The van der Waals surface area contributed by atoms with Crippen LogP contribution in [0.15, 0.2) is 200 Å². The Bertz CT molecular complexity index is 3050. The Morgan fingerprint density at radius 3 is 1.45 bits per heavy atom. The third-order valence-electron chi connectivity index (χ3n) is 10.6. The molecule has 0 fully saturated rings. The molecule has 10 rings (SSSR count). The van der Waals surface area contributed by atoms with Crippen molar-refractivity contribution in [3.05, 3.63) is 200 Å². The van der Waals surface area contributed by atoms with Crippen LogP contribution in [0.4, 0.5) is 0 Å². The average molecular weight is 778 g/mol. The van der Waals surface area contributed by atoms with Gasteiger partial charge in [-0.2, -0.15) is 0 Å². The van der Waals surface area contributed by atoms with Crippen molar-refractivity contribution >= 4 is 106 Å². The minimum absolute atomic E-state index is 0.892. The number of pyridine rings is 2. The van der Waals surface area contributed by atoms with Gasteiger partial charge in [0.05, 0.1) is 22.2 Å². The molecule has 0 aliphatic heterocycles. The van der Waals surface area contributed by atoms with Gasteiger partial charge in [0.2, 0.25) is 0 Å². The third-order valence-corrected chi connectivity index (χ3v) is 20.5. The van der Waals surface area contributed by atoms with Crippen LogP contribution in [0.5, 0.6) is 0 Å². The maximum Gasteiger partial charge on any atom is 0.146 e. The molecule has 0 saturated carbocycles. The van der Waals surface area contributed by atoms with Crippen LogP contribution in [0.3, 0.4) is 0 Å². The van der Waals surface area contributed by atoms with Crippen LogP contribution in [0, 0.1) is 0 Å². The molecule has 262 valence electrons. The highest BCUT2D eigenvalue weighted by molar-refractivity contribution is 8.26. The quantitative estimate of drug-likeness (QED) is 0.119. The second kappa shape index (κ2) is 13.6. The molecular weight excluding hydrogens is 745 g/mol. The molecule has 0 saturated heterocycles. The van der Waals surface area contributed by atoms with E-state index in [0.717, 1.165) is 65.4 Å². The van der Waals surface area contributed by atoms with Gasteiger partial charge in [-0.05, 0) is 62.2 Å². The van der Waals surface area contributed by atoms with Gasteiger partial charge < -0.3 is 0 Å². The molecule has 0 amide bonds. The number of hydrogen-bond donors (Lipinski definition) is 0. The van der Waals surface area contributed by atoms with Crippen LogP contribution in [-0.2, 0) is 23.6 Å². The predicted molar refractivity (Wildman–Crippen MR) is 243 cm³/mol. The molecule has 3 heterocycles. The molecule has 0 spiro atoms. The molecule has 10 aromatic rings. The average Bonchev–Trinajstić information content (AvgIpc) is 3.67. The first-order valence-corrected chi connectivity index (χ1v) is 23.8. The van der Waals surface area contributed by atoms with Gasteiger partial charge in [-0.25, -0.2) is 4.98 Å². The molecule has 7 heteroatoms. The van der Waals surface area contributed by atoms with Gasteiger partial charge in [0, 0.05) is 39.9 Å². The smallest absolute Gasteiger partial charge is 0.146 e. The van der Waals surface area contributed by atoms with E-state index in [2.05, 4.69) is 186 Å². The number of fused-ring (bicyclic) bond motifs is 8. The Hall–Kier alpha value is -5.54. The van der Waals surface area contributed by atoms with Crippen molar-refractivity contribution in [2.45, 2.75) is 0 Å². The zero-order valence-corrected chi connectivity index (χ0v) is 33.0. The summed E-state index contributed by atoms with van der Waals surface area (Å²) in [6.45, 7) is 0. The summed E-state index contributed by atoms with van der Waals surface area (Å²) in [5, 5.41) is 10.3. The maximum absolute atomic E-state index is 6.79. The van der Waals surface area contributed by atoms with Crippen molar-refractivity contribution in [2.75, 3.05) is 0 Å². The number of rotatable bonds is 7. The highest BCUT2D eigenvalue weighted by Gasteiger charge is 2.27. The van der Waals surface area contributed by atoms with Crippen LogP contribution in [0.25, 0.3) is 49.6 Å². The summed E-state index contributed by atoms with van der Waals surface area (Å²) in [6.07, 6.45) is 2.00. The van der Waals surface area contributed by atoms with Crippen molar-refractivity contribution in [1.29, 1.82) is 0 Å². The first-order chi connectivity index (χ1) is 27.0. The van der Waals surface area contributed by atoms with E-state index in [9.17, 15) is 0 Å². The van der Waals surface area contributed by atoms with Crippen LogP contribution >= 0.6 is 12.1 Å². The largest absolute Gasteiger partial charge is 0.292 e. The SMILES string of the molecule is S=P(c1ccccc1)(c1ccccc1)c1ccc(-c2ccc3c4ccccc4c4nc5ccc(P(=S)(c6ccccc6)c6ccccc6)cc5n4c3c2)nc1. The molecule has 0 bridgehead atoms. The van der Waals surface area contributed by atoms with Crippen molar-refractivity contribution in [2.24, 2.45) is 0 Å². The molecule has 0 unspecified atom stereocenters. The van der Waals surface area contributed by atoms with E-state index >= 15 is 0 Å². The van der Waals surface area contributed by atoms with Gasteiger partial charge in [-0.15, -0.1) is 0 Å². The van der Waals surface area contributed by atoms with Crippen molar-refractivity contribution in [3.63, 3.8) is 0 Å². The van der Waals surface area contributed by atoms with E-state index in [1.807, 2.05) is 18.3 Å². The zero-order chi connectivity index (χ0) is 37.0. The lowest BCUT2D eigenvalue weighted by molar-refractivity contribution is 1.31. The minimum Gasteiger partial charge on any atom is -0.292 e. The monoisotopic (exact) mass is 777 g/mol. The van der Waals surface area contributed by atoms with E-state index in [1.54, 1.807) is 0 Å². The van der Waals surface area contributed by atoms with Crippen molar-refractivity contribution in [3.8, 4) is 11.3 Å². The summed E-state index contributed by atoms with van der Waals surface area (Å²) >= 11 is 13.4. The van der Waals surface area contributed by atoms with E-state index in [0.29, 0.717) is 0 Å². The highest BCUT2D eigenvalue weighted by Crippen LogP contribution is 2.45. The van der Waals surface area contributed by atoms with Gasteiger partial charge in [0.1, 0.15) is 5.65 Å². The zero-order valence-electron chi connectivity index (χ0n) is 29.6. The Morgan fingerprint density at radius 1 is 0.400 bits per heavy atom. The van der Waals surface area contributed by atoms with Gasteiger partial charge in [-0.1, -0.05) is 187 Å². The molecule has 3 nitrogen and oxygen atoms in total. The second-order valence-electron chi connectivity index (χ2n) is 13.7. The molecule has 0 aliphatic rings. The standard InChI is InChI=1S/C48H33N3P2S2/c54-52(35-15-5-1-6-16-35,36-17-7-2-8-18-36)39-26-30-45-47(32-39)51-46-31-34(25-28-42(46)41-23-13-14-24-43(41)48(51)50-45)44-29-27-40(33-49-44)53(55,37-19-9-3-10-20-37)38-21-11-4-12-22-38/h1-33H. The summed E-state index contributed by atoms with van der Waals surface area (Å²) < 4.78 is 2.33. The molecule has 55 heavy (non-hydrogen) atoms. The van der Waals surface area contributed by atoms with E-state index in [4.69, 9.17) is 33.6 Å². The number of hydrogen-bond acceptors (Lipinski definition) is 4. The number of aromatic nitrogens is 3. The minimum atomic E-state index is -2.39. The first kappa shape index (κ1) is 34.0. The van der Waals surface area contributed by atoms with E-state index in [-0.39, 0.29) is 0 Å². The fourth-order valence-corrected chi connectivity index (χ4v) is 15.3. The second-order valence-corrected chi connectivity index (χ2v) is 22.5. The predicted octanol–water partition coefficient (Wildman–Crippen LogP) is 9.37. The third kappa shape index (κ3) is 5.54. The number of imidazole rings is 1. The molecule has 0 aliphatic carbocycles. The molecule has 3 aromatic heterocycles. The van der Waals surface area contributed by atoms with Gasteiger partial charge in [-0.3, -0.25) is 9.38 Å². The number of benzene rings is 7. The lowest BCUT2D eigenvalue weighted by Gasteiger charge is -2.24. The fraction of sp³-hybridized carbons (Fsp3) is 0. The molecular formula is C48H33N3P2S2. The van der Waals surface area contributed by atoms with Crippen molar-refractivity contribution in [1.82, 2.24) is 14.4 Å².